The van der Waals surface area contributed by atoms with Crippen LogP contribution in [0.25, 0.3) is 0 Å². The van der Waals surface area contributed by atoms with Gasteiger partial charge in [-0.2, -0.15) is 13.2 Å². The average molecular weight is 304 g/mol. The van der Waals surface area contributed by atoms with E-state index in [4.69, 9.17) is 15.2 Å². The van der Waals surface area contributed by atoms with Crippen LogP contribution in [-0.4, -0.2) is 23.4 Å². The second-order valence-corrected chi connectivity index (χ2v) is 5.42. The lowest BCUT2D eigenvalue weighted by molar-refractivity contribution is -0.184. The Balaban J connectivity index is 2.18. The van der Waals surface area contributed by atoms with Gasteiger partial charge in [-0.25, -0.2) is 0 Å². The van der Waals surface area contributed by atoms with Crippen molar-refractivity contribution in [2.75, 3.05) is 5.32 Å². The van der Waals surface area contributed by atoms with E-state index in [-0.39, 0.29) is 5.69 Å². The molecule has 0 fully saturated rings. The van der Waals surface area contributed by atoms with Gasteiger partial charge < -0.3 is 20.5 Å². The van der Waals surface area contributed by atoms with E-state index in [1.807, 2.05) is 0 Å². The Labute approximate surface area is 119 Å². The molecule has 1 aliphatic rings. The Morgan fingerprint density at radius 2 is 1.81 bits per heavy atom. The number of ether oxygens (including phenoxy) is 2. The largest absolute Gasteiger partial charge is 0.449 e. The van der Waals surface area contributed by atoms with Gasteiger partial charge in [0.1, 0.15) is 0 Å². The van der Waals surface area contributed by atoms with Gasteiger partial charge in [-0.3, -0.25) is 4.79 Å². The number of amides is 1. The van der Waals surface area contributed by atoms with Crippen LogP contribution in [0.2, 0.25) is 0 Å². The Hall–Kier alpha value is -1.96. The molecule has 1 aromatic carbocycles. The number of benzene rings is 1. The summed E-state index contributed by atoms with van der Waals surface area (Å²) in [6.07, 6.45) is -4.85. The topological polar surface area (TPSA) is 73.6 Å². The first kappa shape index (κ1) is 15.4. The molecule has 1 aromatic rings. The molecule has 0 saturated carbocycles. The van der Waals surface area contributed by atoms with Crippen LogP contribution in [0.5, 0.6) is 11.5 Å². The van der Waals surface area contributed by atoms with Crippen LogP contribution in [0.1, 0.15) is 20.8 Å². The first-order valence-corrected chi connectivity index (χ1v) is 6.11. The monoisotopic (exact) mass is 304 g/mol. The summed E-state index contributed by atoms with van der Waals surface area (Å²) < 4.78 is 48.9. The SMILES string of the molecule is CC1(C)Oc2ccc(NC(=O)C(C)(N)C(F)(F)F)cc2O1. The van der Waals surface area contributed by atoms with Crippen LogP contribution in [-0.2, 0) is 4.79 Å². The van der Waals surface area contributed by atoms with E-state index in [0.717, 1.165) is 0 Å². The molecule has 0 radical (unpaired) electrons. The Kier molecular flexibility index (Phi) is 3.32. The van der Waals surface area contributed by atoms with Gasteiger partial charge >= 0.3 is 6.18 Å². The summed E-state index contributed by atoms with van der Waals surface area (Å²) in [6.45, 7) is 3.98. The zero-order valence-electron chi connectivity index (χ0n) is 11.7. The van der Waals surface area contributed by atoms with Crippen LogP contribution in [0.15, 0.2) is 18.2 Å². The van der Waals surface area contributed by atoms with Crippen LogP contribution in [0.3, 0.4) is 0 Å². The van der Waals surface area contributed by atoms with Gasteiger partial charge in [0.05, 0.1) is 0 Å². The maximum Gasteiger partial charge on any atom is 0.415 e. The van der Waals surface area contributed by atoms with Gasteiger partial charge in [-0.05, 0) is 19.1 Å². The molecule has 116 valence electrons. The summed E-state index contributed by atoms with van der Waals surface area (Å²) in [6, 6.07) is 4.30. The molecule has 1 unspecified atom stereocenters. The van der Waals surface area contributed by atoms with E-state index < -0.39 is 23.4 Å². The first-order chi connectivity index (χ1) is 9.42. The lowest BCUT2D eigenvalue weighted by atomic mass is 10.0. The van der Waals surface area contributed by atoms with E-state index in [1.54, 1.807) is 13.8 Å². The normalized spacial score (nSPS) is 19.0. The molecular weight excluding hydrogens is 289 g/mol. The molecule has 0 aromatic heterocycles. The lowest BCUT2D eigenvalue weighted by Crippen LogP contribution is -2.59. The number of carbonyl (C=O) groups excluding carboxylic acids is 1. The van der Waals surface area contributed by atoms with Gasteiger partial charge in [-0.1, -0.05) is 0 Å². The standard InChI is InChI=1S/C13H15F3N2O3/c1-11(2)20-8-5-4-7(6-9(8)21-11)18-10(19)12(3,17)13(14,15)16/h4-6H,17H2,1-3H3,(H,18,19). The molecule has 1 atom stereocenters. The quantitative estimate of drug-likeness (QED) is 0.880. The number of fused-ring (bicyclic) bond motifs is 1. The van der Waals surface area contributed by atoms with Crippen molar-refractivity contribution < 1.29 is 27.4 Å². The highest BCUT2D eigenvalue weighted by Gasteiger charge is 2.54. The fourth-order valence-corrected chi connectivity index (χ4v) is 1.69. The number of nitrogens with one attached hydrogen (secondary N) is 1. The molecule has 0 aliphatic carbocycles. The fourth-order valence-electron chi connectivity index (χ4n) is 1.69. The number of anilines is 1. The molecule has 5 nitrogen and oxygen atoms in total. The van der Waals surface area contributed by atoms with E-state index in [1.165, 1.54) is 18.2 Å². The van der Waals surface area contributed by atoms with E-state index >= 15 is 0 Å². The number of nitrogens with two attached hydrogens (primary N) is 1. The summed E-state index contributed by atoms with van der Waals surface area (Å²) in [5.74, 6) is -1.43. The molecule has 21 heavy (non-hydrogen) atoms. The van der Waals surface area contributed by atoms with Gasteiger partial charge in [0.15, 0.2) is 17.0 Å². The molecule has 0 saturated heterocycles. The number of hydrogen-bond acceptors (Lipinski definition) is 4. The van der Waals surface area contributed by atoms with Crippen molar-refractivity contribution in [2.45, 2.75) is 38.3 Å². The van der Waals surface area contributed by atoms with Crippen LogP contribution < -0.4 is 20.5 Å². The Morgan fingerprint density at radius 1 is 1.24 bits per heavy atom. The Morgan fingerprint density at radius 3 is 2.38 bits per heavy atom. The zero-order valence-corrected chi connectivity index (χ0v) is 11.7. The van der Waals surface area contributed by atoms with Crippen LogP contribution in [0.4, 0.5) is 18.9 Å². The van der Waals surface area contributed by atoms with E-state index in [9.17, 15) is 18.0 Å². The second kappa shape index (κ2) is 4.52. The molecule has 1 amide bonds. The number of carbonyl (C=O) groups is 1. The average Bonchev–Trinajstić information content (AvgIpc) is 2.60. The minimum absolute atomic E-state index is 0.140. The smallest absolute Gasteiger partial charge is 0.415 e. The summed E-state index contributed by atoms with van der Waals surface area (Å²) >= 11 is 0. The third-order valence-corrected chi connectivity index (χ3v) is 2.97. The van der Waals surface area contributed by atoms with Crippen molar-refractivity contribution in [1.29, 1.82) is 0 Å². The lowest BCUT2D eigenvalue weighted by Gasteiger charge is -2.26. The highest BCUT2D eigenvalue weighted by atomic mass is 19.4. The summed E-state index contributed by atoms with van der Waals surface area (Å²) in [5, 5.41) is 2.13. The van der Waals surface area contributed by atoms with E-state index in [2.05, 4.69) is 5.32 Å². The number of halogens is 3. The van der Waals surface area contributed by atoms with Crippen LogP contribution in [0, 0.1) is 0 Å². The van der Waals surface area contributed by atoms with Gasteiger partial charge in [0.2, 0.25) is 5.79 Å². The predicted octanol–water partition coefficient (Wildman–Crippen LogP) is 2.41. The van der Waals surface area contributed by atoms with Crippen molar-refractivity contribution in [1.82, 2.24) is 0 Å². The maximum absolute atomic E-state index is 12.7. The zero-order chi connectivity index (χ0) is 16.1. The number of hydrogen-bond donors (Lipinski definition) is 2. The Bertz CT molecular complexity index is 583. The fraction of sp³-hybridized carbons (Fsp3) is 0.462. The molecule has 0 bridgehead atoms. The van der Waals surface area contributed by atoms with E-state index in [0.29, 0.717) is 18.4 Å². The highest BCUT2D eigenvalue weighted by molar-refractivity contribution is 5.98. The van der Waals surface area contributed by atoms with Crippen molar-refractivity contribution >= 4 is 11.6 Å². The third-order valence-electron chi connectivity index (χ3n) is 2.97. The number of alkyl halides is 3. The van der Waals surface area contributed by atoms with Crippen molar-refractivity contribution in [3.05, 3.63) is 18.2 Å². The van der Waals surface area contributed by atoms with Gasteiger partial charge in [0, 0.05) is 25.6 Å². The van der Waals surface area contributed by atoms with Crippen molar-refractivity contribution in [3.8, 4) is 11.5 Å². The molecule has 3 N–H and O–H groups in total. The van der Waals surface area contributed by atoms with Crippen molar-refractivity contribution in [2.24, 2.45) is 5.73 Å². The molecule has 8 heteroatoms. The van der Waals surface area contributed by atoms with Gasteiger partial charge in [0.25, 0.3) is 5.91 Å². The van der Waals surface area contributed by atoms with Crippen molar-refractivity contribution in [3.63, 3.8) is 0 Å². The van der Waals surface area contributed by atoms with Gasteiger partial charge in [-0.15, -0.1) is 0 Å². The molecule has 1 aliphatic heterocycles. The number of rotatable bonds is 2. The van der Waals surface area contributed by atoms with Crippen LogP contribution >= 0.6 is 0 Å². The predicted molar refractivity (Wildman–Crippen MR) is 69.1 cm³/mol. The molecule has 1 heterocycles. The molecule has 0 spiro atoms. The second-order valence-electron chi connectivity index (χ2n) is 5.42. The summed E-state index contributed by atoms with van der Waals surface area (Å²) in [7, 11) is 0. The minimum atomic E-state index is -4.85. The summed E-state index contributed by atoms with van der Waals surface area (Å²) in [4.78, 5) is 11.7. The molecule has 2 rings (SSSR count). The first-order valence-electron chi connectivity index (χ1n) is 6.11. The molecular formula is C13H15F3N2O3. The maximum atomic E-state index is 12.7. The highest BCUT2D eigenvalue weighted by Crippen LogP contribution is 2.41. The summed E-state index contributed by atoms with van der Waals surface area (Å²) in [5.41, 5.74) is 2.20. The third kappa shape index (κ3) is 2.90. The minimum Gasteiger partial charge on any atom is -0.449 e.